The van der Waals surface area contributed by atoms with Crippen molar-refractivity contribution in [1.82, 2.24) is 4.90 Å². The van der Waals surface area contributed by atoms with Gasteiger partial charge in [0.15, 0.2) is 0 Å². The van der Waals surface area contributed by atoms with E-state index >= 15 is 0 Å². The van der Waals surface area contributed by atoms with Crippen LogP contribution in [0.4, 0.5) is 0 Å². The first-order chi connectivity index (χ1) is 12.6. The molecule has 1 N–H and O–H groups in total. The number of nitrogens with zero attached hydrogens (tertiary/aromatic N) is 1. The van der Waals surface area contributed by atoms with Crippen molar-refractivity contribution in [3.05, 3.63) is 71.3 Å². The molecule has 2 atom stereocenters. The van der Waals surface area contributed by atoms with Crippen LogP contribution >= 0.6 is 0 Å². The summed E-state index contributed by atoms with van der Waals surface area (Å²) in [6, 6.07) is 16.6. The van der Waals surface area contributed by atoms with Gasteiger partial charge in [-0.25, -0.2) is 4.79 Å². The molecule has 2 aromatic carbocycles. The van der Waals surface area contributed by atoms with Crippen molar-refractivity contribution in [1.29, 1.82) is 0 Å². The molecule has 3 aliphatic rings. The predicted molar refractivity (Wildman–Crippen MR) is 99.7 cm³/mol. The zero-order chi connectivity index (χ0) is 18.1. The monoisotopic (exact) mass is 351 g/mol. The Kier molecular flexibility index (Phi) is 4.55. The summed E-state index contributed by atoms with van der Waals surface area (Å²) in [4.78, 5) is 15.6. The normalized spacial score (nSPS) is 26.9. The molecule has 2 bridgehead atoms. The Bertz CT molecular complexity index is 783. The molecule has 4 nitrogen and oxygen atoms in total. The van der Waals surface area contributed by atoms with E-state index in [9.17, 15) is 9.90 Å². The Morgan fingerprint density at radius 3 is 2.35 bits per heavy atom. The quantitative estimate of drug-likeness (QED) is 0.861. The third-order valence-electron chi connectivity index (χ3n) is 5.88. The van der Waals surface area contributed by atoms with Crippen LogP contribution < -0.4 is 0 Å². The molecule has 0 radical (unpaired) electrons. The Labute approximate surface area is 154 Å². The number of esters is 1. The van der Waals surface area contributed by atoms with E-state index in [1.165, 1.54) is 0 Å². The summed E-state index contributed by atoms with van der Waals surface area (Å²) in [6.45, 7) is 4.85. The van der Waals surface area contributed by atoms with Gasteiger partial charge in [0.25, 0.3) is 0 Å². The molecule has 26 heavy (non-hydrogen) atoms. The molecule has 3 heterocycles. The summed E-state index contributed by atoms with van der Waals surface area (Å²) in [5.74, 6) is -0.169. The Balaban J connectivity index is 1.69. The van der Waals surface area contributed by atoms with Crippen molar-refractivity contribution in [3.8, 4) is 0 Å². The number of hydrogen-bond donors (Lipinski definition) is 1. The second-order valence-electron chi connectivity index (χ2n) is 7.47. The van der Waals surface area contributed by atoms with Crippen molar-refractivity contribution in [2.75, 3.05) is 19.6 Å². The summed E-state index contributed by atoms with van der Waals surface area (Å²) in [5.41, 5.74) is 0.196. The first-order valence-corrected chi connectivity index (χ1v) is 9.36. The van der Waals surface area contributed by atoms with E-state index in [0.717, 1.165) is 38.0 Å². The van der Waals surface area contributed by atoms with Crippen LogP contribution in [-0.4, -0.2) is 41.7 Å². The fourth-order valence-electron chi connectivity index (χ4n) is 4.31. The van der Waals surface area contributed by atoms with Crippen LogP contribution in [0, 0.1) is 12.8 Å². The number of aliphatic hydroxyl groups is 1. The van der Waals surface area contributed by atoms with Crippen LogP contribution in [0.3, 0.4) is 0 Å². The molecule has 4 heteroatoms. The summed E-state index contributed by atoms with van der Waals surface area (Å²) in [6.07, 6.45) is 1.99. The number of rotatable bonds is 4. The van der Waals surface area contributed by atoms with Gasteiger partial charge in [0.1, 0.15) is 6.10 Å². The Morgan fingerprint density at radius 2 is 1.73 bits per heavy atom. The maximum atomic E-state index is 13.3. The second-order valence-corrected chi connectivity index (χ2v) is 7.47. The van der Waals surface area contributed by atoms with Crippen LogP contribution in [0.15, 0.2) is 54.6 Å². The van der Waals surface area contributed by atoms with Crippen LogP contribution in [0.2, 0.25) is 0 Å². The first kappa shape index (κ1) is 17.3. The fourth-order valence-corrected chi connectivity index (χ4v) is 4.31. The number of benzene rings is 2. The lowest BCUT2D eigenvalue weighted by atomic mass is 9.83. The van der Waals surface area contributed by atoms with Crippen molar-refractivity contribution in [3.63, 3.8) is 0 Å². The molecule has 0 aromatic heterocycles. The highest BCUT2D eigenvalue weighted by atomic mass is 16.6. The third-order valence-corrected chi connectivity index (χ3v) is 5.88. The predicted octanol–water partition coefficient (Wildman–Crippen LogP) is 2.87. The molecule has 136 valence electrons. The van der Waals surface area contributed by atoms with Gasteiger partial charge < -0.3 is 9.84 Å². The molecule has 2 unspecified atom stereocenters. The molecular weight excluding hydrogens is 326 g/mol. The third kappa shape index (κ3) is 2.93. The van der Waals surface area contributed by atoms with Gasteiger partial charge >= 0.3 is 5.97 Å². The number of carbonyl (C=O) groups is 1. The summed E-state index contributed by atoms with van der Waals surface area (Å²) in [5, 5.41) is 11.6. The average molecular weight is 351 g/mol. The Hall–Kier alpha value is -2.17. The van der Waals surface area contributed by atoms with E-state index in [4.69, 9.17) is 4.74 Å². The highest BCUT2D eigenvalue weighted by molar-refractivity contribution is 5.86. The fraction of sp³-hybridized carbons (Fsp3) is 0.409. The molecule has 3 aliphatic heterocycles. The Morgan fingerprint density at radius 1 is 1.08 bits per heavy atom. The largest absolute Gasteiger partial charge is 0.458 e. The van der Waals surface area contributed by atoms with Gasteiger partial charge in [0, 0.05) is 12.1 Å². The maximum absolute atomic E-state index is 13.3. The number of carbonyl (C=O) groups excluding carboxylic acids is 1. The SMILES string of the molecule is Cc1ccccc1C(O)(C(=O)OC1CN2CCC1CC2)c1ccccc1. The van der Waals surface area contributed by atoms with Crippen LogP contribution in [0.1, 0.15) is 29.5 Å². The van der Waals surface area contributed by atoms with Crippen LogP contribution in [-0.2, 0) is 15.1 Å². The van der Waals surface area contributed by atoms with Crippen molar-refractivity contribution in [2.45, 2.75) is 31.5 Å². The van der Waals surface area contributed by atoms with Gasteiger partial charge in [-0.1, -0.05) is 54.6 Å². The summed E-state index contributed by atoms with van der Waals surface area (Å²) >= 11 is 0. The molecular formula is C22H25NO3. The second kappa shape index (κ2) is 6.86. The highest BCUT2D eigenvalue weighted by Crippen LogP contribution is 2.36. The topological polar surface area (TPSA) is 49.8 Å². The van der Waals surface area contributed by atoms with E-state index in [0.29, 0.717) is 17.0 Å². The van der Waals surface area contributed by atoms with Gasteiger partial charge in [-0.05, 0) is 49.9 Å². The van der Waals surface area contributed by atoms with Gasteiger partial charge in [0.2, 0.25) is 5.60 Å². The molecule has 0 aliphatic carbocycles. The molecule has 2 aromatic rings. The number of hydrogen-bond acceptors (Lipinski definition) is 4. The lowest BCUT2D eigenvalue weighted by molar-refractivity contribution is -0.177. The van der Waals surface area contributed by atoms with Gasteiger partial charge in [0.05, 0.1) is 0 Å². The minimum absolute atomic E-state index is 0.135. The molecule has 0 spiro atoms. The van der Waals surface area contributed by atoms with Crippen LogP contribution in [0.25, 0.3) is 0 Å². The lowest BCUT2D eigenvalue weighted by Crippen LogP contribution is -2.53. The minimum Gasteiger partial charge on any atom is -0.458 e. The first-order valence-electron chi connectivity index (χ1n) is 9.36. The van der Waals surface area contributed by atoms with Crippen molar-refractivity contribution < 1.29 is 14.6 Å². The lowest BCUT2D eigenvalue weighted by Gasteiger charge is -2.44. The van der Waals surface area contributed by atoms with Gasteiger partial charge in [-0.15, -0.1) is 0 Å². The van der Waals surface area contributed by atoms with E-state index in [1.54, 1.807) is 18.2 Å². The molecule has 5 rings (SSSR count). The van der Waals surface area contributed by atoms with Gasteiger partial charge in [-0.3, -0.25) is 4.90 Å². The molecule has 0 saturated carbocycles. The smallest absolute Gasteiger partial charge is 0.348 e. The molecule has 0 amide bonds. The summed E-state index contributed by atoms with van der Waals surface area (Å²) in [7, 11) is 0. The van der Waals surface area contributed by atoms with E-state index < -0.39 is 11.6 Å². The number of fused-ring (bicyclic) bond motifs is 3. The maximum Gasteiger partial charge on any atom is 0.348 e. The summed E-state index contributed by atoms with van der Waals surface area (Å²) < 4.78 is 5.92. The highest BCUT2D eigenvalue weighted by Gasteiger charge is 2.46. The number of ether oxygens (including phenoxy) is 1. The van der Waals surface area contributed by atoms with E-state index in [-0.39, 0.29) is 6.10 Å². The van der Waals surface area contributed by atoms with Crippen molar-refractivity contribution >= 4 is 5.97 Å². The van der Waals surface area contributed by atoms with E-state index in [2.05, 4.69) is 4.90 Å². The van der Waals surface area contributed by atoms with Crippen LogP contribution in [0.5, 0.6) is 0 Å². The molecule has 3 fully saturated rings. The van der Waals surface area contributed by atoms with E-state index in [1.807, 2.05) is 43.3 Å². The minimum atomic E-state index is -1.79. The number of aryl methyl sites for hydroxylation is 1. The zero-order valence-electron chi connectivity index (χ0n) is 15.1. The number of piperidine rings is 3. The molecule has 3 saturated heterocycles. The van der Waals surface area contributed by atoms with Crippen molar-refractivity contribution in [2.24, 2.45) is 5.92 Å². The van der Waals surface area contributed by atoms with Gasteiger partial charge in [-0.2, -0.15) is 0 Å². The zero-order valence-corrected chi connectivity index (χ0v) is 15.1. The standard InChI is InChI=1S/C22H25NO3/c1-16-7-5-6-10-19(16)22(25,18-8-3-2-4-9-18)21(24)26-20-15-23-13-11-17(20)12-14-23/h2-10,17,20,25H,11-15H2,1H3. The average Bonchev–Trinajstić information content (AvgIpc) is 2.69.